The van der Waals surface area contributed by atoms with Crippen LogP contribution in [-0.4, -0.2) is 19.4 Å². The van der Waals surface area contributed by atoms with Crippen LogP contribution >= 0.6 is 11.3 Å². The fourth-order valence-electron chi connectivity index (χ4n) is 1.74. The number of aryl methyl sites for hydroxylation is 1. The molecule has 6 nitrogen and oxygen atoms in total. The zero-order valence-electron chi connectivity index (χ0n) is 8.97. The standard InChI is InChI=1S/C10H9N5OS/c1-5-4-17-10-13-3-7(15(5)10)8-6(11)2-12-9(16)14-8/h2-4H,11H2,1H3,(H,12,14,16). The SMILES string of the molecule is Cc1csc2ncc(-c3[nH]c(=O)ncc3N)n12. The molecule has 0 aliphatic rings. The van der Waals surface area contributed by atoms with Gasteiger partial charge in [0, 0.05) is 11.1 Å². The van der Waals surface area contributed by atoms with E-state index in [4.69, 9.17) is 5.73 Å². The van der Waals surface area contributed by atoms with Crippen molar-refractivity contribution >= 4 is 22.0 Å². The van der Waals surface area contributed by atoms with Crippen LogP contribution < -0.4 is 11.4 Å². The number of fused-ring (bicyclic) bond motifs is 1. The first-order valence-electron chi connectivity index (χ1n) is 4.93. The van der Waals surface area contributed by atoms with E-state index in [1.165, 1.54) is 6.20 Å². The lowest BCUT2D eigenvalue weighted by molar-refractivity contribution is 1.06. The van der Waals surface area contributed by atoms with Gasteiger partial charge in [-0.25, -0.2) is 9.78 Å². The van der Waals surface area contributed by atoms with Crippen LogP contribution in [0.25, 0.3) is 16.3 Å². The summed E-state index contributed by atoms with van der Waals surface area (Å²) in [5, 5.41) is 2.00. The van der Waals surface area contributed by atoms with Crippen LogP contribution in [0.1, 0.15) is 5.69 Å². The number of imidazole rings is 1. The molecule has 0 saturated heterocycles. The molecule has 0 amide bonds. The third-order valence-corrected chi connectivity index (χ3v) is 3.47. The Bertz CT molecular complexity index is 753. The zero-order valence-corrected chi connectivity index (χ0v) is 9.78. The first-order chi connectivity index (χ1) is 8.16. The number of rotatable bonds is 1. The number of H-pyrrole nitrogens is 1. The van der Waals surface area contributed by atoms with Crippen molar-refractivity contribution in [3.8, 4) is 11.4 Å². The number of nitrogens with two attached hydrogens (primary N) is 1. The fraction of sp³-hybridized carbons (Fsp3) is 0.100. The molecule has 0 unspecified atom stereocenters. The molecule has 0 aliphatic heterocycles. The summed E-state index contributed by atoms with van der Waals surface area (Å²) in [6.07, 6.45) is 3.05. The van der Waals surface area contributed by atoms with Crippen molar-refractivity contribution in [2.45, 2.75) is 6.92 Å². The van der Waals surface area contributed by atoms with E-state index >= 15 is 0 Å². The maximum Gasteiger partial charge on any atom is 0.345 e. The average Bonchev–Trinajstić information content (AvgIpc) is 2.86. The summed E-state index contributed by atoms with van der Waals surface area (Å²) >= 11 is 1.54. The van der Waals surface area contributed by atoms with Gasteiger partial charge < -0.3 is 10.7 Å². The smallest absolute Gasteiger partial charge is 0.345 e. The monoisotopic (exact) mass is 247 g/mol. The van der Waals surface area contributed by atoms with Gasteiger partial charge in [-0.15, -0.1) is 11.3 Å². The Morgan fingerprint density at radius 1 is 1.41 bits per heavy atom. The zero-order chi connectivity index (χ0) is 12.0. The number of anilines is 1. The predicted octanol–water partition coefficient (Wildman–Crippen LogP) is 1.04. The van der Waals surface area contributed by atoms with Gasteiger partial charge in [0.25, 0.3) is 0 Å². The molecule has 0 bridgehead atoms. The van der Waals surface area contributed by atoms with Gasteiger partial charge in [0.2, 0.25) is 0 Å². The highest BCUT2D eigenvalue weighted by Gasteiger charge is 2.12. The van der Waals surface area contributed by atoms with Gasteiger partial charge in [-0.3, -0.25) is 4.40 Å². The molecule has 7 heteroatoms. The topological polar surface area (TPSA) is 89.1 Å². The van der Waals surface area contributed by atoms with Crippen LogP contribution in [0.15, 0.2) is 22.6 Å². The van der Waals surface area contributed by atoms with Crippen LogP contribution in [0.2, 0.25) is 0 Å². The molecule has 0 fully saturated rings. The minimum absolute atomic E-state index is 0.419. The maximum absolute atomic E-state index is 11.2. The molecule has 0 aliphatic carbocycles. The predicted molar refractivity (Wildman–Crippen MR) is 66.1 cm³/mol. The lowest BCUT2D eigenvalue weighted by Gasteiger charge is -2.03. The van der Waals surface area contributed by atoms with Gasteiger partial charge in [0.15, 0.2) is 4.96 Å². The van der Waals surface area contributed by atoms with E-state index in [2.05, 4.69) is 15.0 Å². The molecule has 0 spiro atoms. The molecule has 3 rings (SSSR count). The van der Waals surface area contributed by atoms with Gasteiger partial charge in [0.1, 0.15) is 0 Å². The van der Waals surface area contributed by atoms with Crippen molar-refractivity contribution in [1.29, 1.82) is 0 Å². The van der Waals surface area contributed by atoms with Gasteiger partial charge in [-0.05, 0) is 6.92 Å². The minimum atomic E-state index is -0.419. The molecule has 3 heterocycles. The van der Waals surface area contributed by atoms with Crippen molar-refractivity contribution < 1.29 is 0 Å². The van der Waals surface area contributed by atoms with Crippen molar-refractivity contribution in [3.63, 3.8) is 0 Å². The van der Waals surface area contributed by atoms with Crippen molar-refractivity contribution in [2.24, 2.45) is 0 Å². The second-order valence-electron chi connectivity index (χ2n) is 3.66. The molecular weight excluding hydrogens is 238 g/mol. The van der Waals surface area contributed by atoms with Gasteiger partial charge >= 0.3 is 5.69 Å². The first-order valence-corrected chi connectivity index (χ1v) is 5.81. The number of nitrogen functional groups attached to an aromatic ring is 1. The van der Waals surface area contributed by atoms with Crippen LogP contribution in [0.4, 0.5) is 5.69 Å². The molecule has 0 saturated carbocycles. The number of thiazole rings is 1. The van der Waals surface area contributed by atoms with E-state index in [0.717, 1.165) is 16.3 Å². The van der Waals surface area contributed by atoms with E-state index in [1.54, 1.807) is 17.5 Å². The summed E-state index contributed by atoms with van der Waals surface area (Å²) < 4.78 is 1.95. The Morgan fingerprint density at radius 3 is 3.06 bits per heavy atom. The highest BCUT2D eigenvalue weighted by atomic mass is 32.1. The van der Waals surface area contributed by atoms with Crippen LogP contribution in [0.5, 0.6) is 0 Å². The molecule has 3 N–H and O–H groups in total. The number of aromatic nitrogens is 4. The molecule has 0 atom stereocenters. The van der Waals surface area contributed by atoms with Crippen molar-refractivity contribution in [2.75, 3.05) is 5.73 Å². The van der Waals surface area contributed by atoms with E-state index in [-0.39, 0.29) is 0 Å². The average molecular weight is 247 g/mol. The summed E-state index contributed by atoms with van der Waals surface area (Å²) in [6, 6.07) is 0. The van der Waals surface area contributed by atoms with E-state index in [1.807, 2.05) is 16.7 Å². The normalized spacial score (nSPS) is 11.1. The summed E-state index contributed by atoms with van der Waals surface area (Å²) in [5.74, 6) is 0. The number of hydrogen-bond donors (Lipinski definition) is 2. The minimum Gasteiger partial charge on any atom is -0.396 e. The highest BCUT2D eigenvalue weighted by molar-refractivity contribution is 7.15. The third-order valence-electron chi connectivity index (χ3n) is 2.51. The van der Waals surface area contributed by atoms with Crippen LogP contribution in [0, 0.1) is 6.92 Å². The highest BCUT2D eigenvalue weighted by Crippen LogP contribution is 2.26. The summed E-state index contributed by atoms with van der Waals surface area (Å²) in [4.78, 5) is 22.6. The lowest BCUT2D eigenvalue weighted by atomic mass is 10.3. The summed E-state index contributed by atoms with van der Waals surface area (Å²) in [7, 11) is 0. The fourth-order valence-corrected chi connectivity index (χ4v) is 2.58. The Hall–Kier alpha value is -2.15. The molecule has 17 heavy (non-hydrogen) atoms. The lowest BCUT2D eigenvalue weighted by Crippen LogP contribution is -2.12. The van der Waals surface area contributed by atoms with Gasteiger partial charge in [-0.2, -0.15) is 4.98 Å². The molecule has 3 aromatic heterocycles. The molecule has 0 radical (unpaired) electrons. The molecule has 3 aromatic rings. The quantitative estimate of drug-likeness (QED) is 0.672. The largest absolute Gasteiger partial charge is 0.396 e. The van der Waals surface area contributed by atoms with E-state index in [0.29, 0.717) is 11.4 Å². The maximum atomic E-state index is 11.2. The summed E-state index contributed by atoms with van der Waals surface area (Å²) in [5.41, 5.74) is 8.21. The first kappa shape index (κ1) is 10.0. The van der Waals surface area contributed by atoms with E-state index < -0.39 is 5.69 Å². The van der Waals surface area contributed by atoms with Crippen molar-refractivity contribution in [1.82, 2.24) is 19.4 Å². The van der Waals surface area contributed by atoms with Gasteiger partial charge in [-0.1, -0.05) is 0 Å². The molecular formula is C10H9N5OS. The Kier molecular flexibility index (Phi) is 2.02. The van der Waals surface area contributed by atoms with E-state index in [9.17, 15) is 4.79 Å². The Labute approximate surface area is 99.8 Å². The van der Waals surface area contributed by atoms with Crippen LogP contribution in [0.3, 0.4) is 0 Å². The van der Waals surface area contributed by atoms with Crippen molar-refractivity contribution in [3.05, 3.63) is 34.0 Å². The Balaban J connectivity index is 2.37. The third kappa shape index (κ3) is 1.43. The number of nitrogens with one attached hydrogen (secondary N) is 1. The number of hydrogen-bond acceptors (Lipinski definition) is 5. The second kappa shape index (κ2) is 3.42. The molecule has 0 aromatic carbocycles. The summed E-state index contributed by atoms with van der Waals surface area (Å²) in [6.45, 7) is 1.98. The van der Waals surface area contributed by atoms with Gasteiger partial charge in [0.05, 0.1) is 29.5 Å². The molecule has 86 valence electrons. The second-order valence-corrected chi connectivity index (χ2v) is 4.49. The number of nitrogens with zero attached hydrogens (tertiary/aromatic N) is 3. The Morgan fingerprint density at radius 2 is 2.24 bits per heavy atom. The number of aromatic amines is 1. The van der Waals surface area contributed by atoms with Crippen LogP contribution in [-0.2, 0) is 0 Å².